The van der Waals surface area contributed by atoms with Gasteiger partial charge in [-0.25, -0.2) is 9.18 Å². The Morgan fingerprint density at radius 1 is 1.00 bits per heavy atom. The predicted octanol–water partition coefficient (Wildman–Crippen LogP) is 6.68. The lowest BCUT2D eigenvalue weighted by atomic mass is 9.95. The number of rotatable bonds is 12. The third kappa shape index (κ3) is 7.61. The van der Waals surface area contributed by atoms with Crippen molar-refractivity contribution in [2.24, 2.45) is 0 Å². The number of aliphatic carboxylic acids is 1. The molecule has 1 amide bonds. The van der Waals surface area contributed by atoms with Gasteiger partial charge in [-0.1, -0.05) is 48.0 Å². The average Bonchev–Trinajstić information content (AvgIpc) is 2.95. The molecule has 0 aliphatic carbocycles. The maximum absolute atomic E-state index is 13.9. The highest BCUT2D eigenvalue weighted by atomic mass is 35.5. The van der Waals surface area contributed by atoms with Crippen molar-refractivity contribution in [3.63, 3.8) is 0 Å². The molecule has 0 aliphatic heterocycles. The summed E-state index contributed by atoms with van der Waals surface area (Å²) in [7, 11) is 0. The summed E-state index contributed by atoms with van der Waals surface area (Å²) in [6.07, 6.45) is 5.67. The number of benzene rings is 3. The van der Waals surface area contributed by atoms with E-state index >= 15 is 0 Å². The van der Waals surface area contributed by atoms with Gasteiger partial charge in [-0.15, -0.1) is 0 Å². The van der Waals surface area contributed by atoms with Gasteiger partial charge in [-0.2, -0.15) is 11.8 Å². The lowest BCUT2D eigenvalue weighted by Gasteiger charge is -2.25. The summed E-state index contributed by atoms with van der Waals surface area (Å²) < 4.78 is 13.9. The first-order valence-corrected chi connectivity index (χ1v) is 14.4. The summed E-state index contributed by atoms with van der Waals surface area (Å²) in [5.41, 5.74) is 4.14. The summed E-state index contributed by atoms with van der Waals surface area (Å²) in [5, 5.41) is 12.4. The van der Waals surface area contributed by atoms with Gasteiger partial charge in [-0.05, 0) is 77.6 Å². The number of anilines is 1. The van der Waals surface area contributed by atoms with Crippen LogP contribution in [0.15, 0.2) is 91.3 Å². The number of nitrogens with zero attached hydrogens (tertiary/aromatic N) is 2. The molecule has 1 unspecified atom stereocenters. The van der Waals surface area contributed by atoms with Gasteiger partial charge in [0.05, 0.1) is 16.9 Å². The number of amides is 1. The fourth-order valence-corrected chi connectivity index (χ4v) is 5.09. The molecule has 206 valence electrons. The molecule has 4 rings (SSSR count). The van der Waals surface area contributed by atoms with E-state index in [1.807, 2.05) is 48.7 Å². The molecule has 1 heterocycles. The number of carbonyl (C=O) groups excluding carboxylic acids is 1. The largest absolute Gasteiger partial charge is 0.480 e. The Hall–Kier alpha value is -3.88. The highest BCUT2D eigenvalue weighted by molar-refractivity contribution is 7.98. The maximum atomic E-state index is 13.9. The number of thioether (sulfide) groups is 1. The van der Waals surface area contributed by atoms with Crippen molar-refractivity contribution in [3.05, 3.63) is 119 Å². The normalized spacial score (nSPS) is 11.6. The van der Waals surface area contributed by atoms with Crippen molar-refractivity contribution in [1.29, 1.82) is 0 Å². The minimum Gasteiger partial charge on any atom is -0.480 e. The van der Waals surface area contributed by atoms with E-state index in [-0.39, 0.29) is 17.0 Å². The van der Waals surface area contributed by atoms with Gasteiger partial charge >= 0.3 is 5.97 Å². The molecule has 0 aliphatic rings. The van der Waals surface area contributed by atoms with Crippen LogP contribution in [0.5, 0.6) is 0 Å². The van der Waals surface area contributed by atoms with Gasteiger partial charge in [0.2, 0.25) is 0 Å². The van der Waals surface area contributed by atoms with Crippen molar-refractivity contribution >= 4 is 40.9 Å². The van der Waals surface area contributed by atoms with E-state index < -0.39 is 23.7 Å². The molecule has 1 aromatic heterocycles. The van der Waals surface area contributed by atoms with Gasteiger partial charge in [0.1, 0.15) is 11.9 Å². The van der Waals surface area contributed by atoms with Crippen LogP contribution < -0.4 is 10.2 Å². The topological polar surface area (TPSA) is 82.5 Å². The Bertz CT molecular complexity index is 1460. The number of carboxylic acids is 1. The monoisotopic (exact) mass is 577 g/mol. The Labute approximate surface area is 242 Å². The second-order valence-corrected chi connectivity index (χ2v) is 10.6. The minimum atomic E-state index is -1.10. The van der Waals surface area contributed by atoms with Gasteiger partial charge in [-0.3, -0.25) is 9.78 Å². The zero-order valence-electron chi connectivity index (χ0n) is 21.9. The molecule has 6 nitrogen and oxygen atoms in total. The molecular weight excluding hydrogens is 549 g/mol. The first-order valence-electron chi connectivity index (χ1n) is 12.7. The zero-order chi connectivity index (χ0) is 28.5. The zero-order valence-corrected chi connectivity index (χ0v) is 23.5. The second kappa shape index (κ2) is 14.0. The number of nitrogens with one attached hydrogen (secondary N) is 1. The Balaban J connectivity index is 1.72. The highest BCUT2D eigenvalue weighted by Crippen LogP contribution is 2.33. The van der Waals surface area contributed by atoms with Crippen LogP contribution in [0.1, 0.15) is 27.9 Å². The van der Waals surface area contributed by atoms with Crippen molar-refractivity contribution in [2.75, 3.05) is 16.9 Å². The molecule has 1 atom stereocenters. The summed E-state index contributed by atoms with van der Waals surface area (Å²) in [5.74, 6) is -1.56. The van der Waals surface area contributed by atoms with Gasteiger partial charge in [0.15, 0.2) is 0 Å². The van der Waals surface area contributed by atoms with E-state index in [2.05, 4.69) is 27.3 Å². The molecule has 9 heteroatoms. The summed E-state index contributed by atoms with van der Waals surface area (Å²) in [6, 6.07) is 22.2. The summed E-state index contributed by atoms with van der Waals surface area (Å²) in [4.78, 5) is 31.6. The third-order valence-corrected chi connectivity index (χ3v) is 7.32. The first-order chi connectivity index (χ1) is 19.4. The van der Waals surface area contributed by atoms with Crippen molar-refractivity contribution in [2.45, 2.75) is 25.6 Å². The summed E-state index contributed by atoms with van der Waals surface area (Å²) >= 11 is 7.94. The number of carbonyl (C=O) groups is 2. The molecule has 0 fully saturated rings. The molecule has 0 saturated carbocycles. The molecule has 0 saturated heterocycles. The smallest absolute Gasteiger partial charge is 0.326 e. The van der Waals surface area contributed by atoms with Crippen LogP contribution in [0.2, 0.25) is 5.02 Å². The lowest BCUT2D eigenvalue weighted by Crippen LogP contribution is -2.41. The fourth-order valence-electron chi connectivity index (χ4n) is 4.35. The molecular formula is C31H29ClFN3O3S. The van der Waals surface area contributed by atoms with Crippen LogP contribution >= 0.6 is 23.4 Å². The van der Waals surface area contributed by atoms with E-state index in [1.165, 1.54) is 30.0 Å². The number of hydrogen-bond donors (Lipinski definition) is 2. The van der Waals surface area contributed by atoms with E-state index in [0.29, 0.717) is 30.0 Å². The summed E-state index contributed by atoms with van der Waals surface area (Å²) in [6.45, 7) is 1.11. The molecule has 0 spiro atoms. The lowest BCUT2D eigenvalue weighted by molar-refractivity contribution is -0.139. The molecule has 4 aromatic rings. The second-order valence-electron chi connectivity index (χ2n) is 9.20. The van der Waals surface area contributed by atoms with E-state index in [9.17, 15) is 19.1 Å². The molecule has 40 heavy (non-hydrogen) atoms. The van der Waals surface area contributed by atoms with Gasteiger partial charge in [0.25, 0.3) is 5.91 Å². The third-order valence-electron chi connectivity index (χ3n) is 6.36. The molecule has 2 N–H and O–H groups in total. The molecule has 0 radical (unpaired) electrons. The van der Waals surface area contributed by atoms with Crippen LogP contribution in [0.3, 0.4) is 0 Å². The number of pyridine rings is 1. The number of hydrogen-bond acceptors (Lipinski definition) is 5. The first kappa shape index (κ1) is 29.1. The number of halogens is 2. The van der Waals surface area contributed by atoms with Crippen LogP contribution in [-0.4, -0.2) is 40.0 Å². The van der Waals surface area contributed by atoms with Crippen molar-refractivity contribution in [3.8, 4) is 11.1 Å². The van der Waals surface area contributed by atoms with Crippen molar-refractivity contribution in [1.82, 2.24) is 10.3 Å². The van der Waals surface area contributed by atoms with E-state index in [1.54, 1.807) is 18.5 Å². The standard InChI is InChI=1S/C31H29ClFN3O3S/c1-40-15-13-29(31(38)39)35-30(37)26-11-9-22(16-27(26)25-12-10-23(33)17-28(25)32)20-36(24-8-5-14-34-18-24)19-21-6-3-2-4-7-21/h2-12,14,16-18,29H,13,15,19-20H2,1H3,(H,35,37)(H,38,39). The Kier molecular flexibility index (Phi) is 10.2. The quantitative estimate of drug-likeness (QED) is 0.195. The van der Waals surface area contributed by atoms with Gasteiger partial charge < -0.3 is 15.3 Å². The highest BCUT2D eigenvalue weighted by Gasteiger charge is 2.23. The number of carboxylic acid groups (broad SMARTS) is 1. The van der Waals surface area contributed by atoms with E-state index in [0.717, 1.165) is 16.8 Å². The fraction of sp³-hybridized carbons (Fsp3) is 0.194. The Morgan fingerprint density at radius 2 is 1.77 bits per heavy atom. The maximum Gasteiger partial charge on any atom is 0.326 e. The number of aromatic nitrogens is 1. The SMILES string of the molecule is CSCCC(NC(=O)c1ccc(CN(Cc2ccccc2)c2cccnc2)cc1-c1ccc(F)cc1Cl)C(=O)O. The Morgan fingerprint density at radius 3 is 2.45 bits per heavy atom. The van der Waals surface area contributed by atoms with Crippen molar-refractivity contribution < 1.29 is 19.1 Å². The minimum absolute atomic E-state index is 0.150. The van der Waals surface area contributed by atoms with E-state index in [4.69, 9.17) is 11.6 Å². The van der Waals surface area contributed by atoms with Crippen LogP contribution in [0.25, 0.3) is 11.1 Å². The molecule has 3 aromatic carbocycles. The molecule has 0 bridgehead atoms. The predicted molar refractivity (Wildman–Crippen MR) is 159 cm³/mol. The van der Waals surface area contributed by atoms with Crippen LogP contribution in [-0.2, 0) is 17.9 Å². The van der Waals surface area contributed by atoms with Gasteiger partial charge in [0, 0.05) is 30.4 Å². The average molecular weight is 578 g/mol. The van der Waals surface area contributed by atoms with Crippen LogP contribution in [0.4, 0.5) is 10.1 Å². The van der Waals surface area contributed by atoms with Crippen LogP contribution in [0, 0.1) is 5.82 Å².